The lowest BCUT2D eigenvalue weighted by molar-refractivity contribution is -0.188. The number of hydrogen-bond donors (Lipinski definition) is 0. The minimum absolute atomic E-state index is 0.0729. The van der Waals surface area contributed by atoms with Crippen LogP contribution >= 0.6 is 0 Å². The van der Waals surface area contributed by atoms with Crippen LogP contribution in [0.4, 0.5) is 0 Å². The summed E-state index contributed by atoms with van der Waals surface area (Å²) < 4.78 is 16.7. The molecule has 2 fully saturated rings. The van der Waals surface area contributed by atoms with Crippen molar-refractivity contribution in [2.45, 2.75) is 50.9 Å². The van der Waals surface area contributed by atoms with Crippen molar-refractivity contribution >= 4 is 5.97 Å². The van der Waals surface area contributed by atoms with Gasteiger partial charge in [-0.2, -0.15) is 0 Å². The second kappa shape index (κ2) is 5.25. The molecule has 0 N–H and O–H groups in total. The Labute approximate surface area is 114 Å². The summed E-state index contributed by atoms with van der Waals surface area (Å²) in [5.41, 5.74) is -0.436. The van der Waals surface area contributed by atoms with Crippen LogP contribution in [0.1, 0.15) is 38.5 Å². The van der Waals surface area contributed by atoms with Gasteiger partial charge in [0.1, 0.15) is 0 Å². The Morgan fingerprint density at radius 1 is 1.42 bits per heavy atom. The largest absolute Gasteiger partial charge is 0.468 e. The molecule has 0 amide bonds. The van der Waals surface area contributed by atoms with E-state index in [1.54, 1.807) is 0 Å². The summed E-state index contributed by atoms with van der Waals surface area (Å²) in [6.45, 7) is 0.795. The number of carbonyl (C=O) groups is 1. The maximum absolute atomic E-state index is 12.1. The molecule has 3 aliphatic rings. The summed E-state index contributed by atoms with van der Waals surface area (Å²) in [6, 6.07) is 0. The molecule has 1 saturated carbocycles. The van der Waals surface area contributed by atoms with Crippen LogP contribution < -0.4 is 0 Å². The highest BCUT2D eigenvalue weighted by atomic mass is 16.7. The summed E-state index contributed by atoms with van der Waals surface area (Å²) in [4.78, 5) is 12.1. The lowest BCUT2D eigenvalue weighted by Gasteiger charge is -2.27. The molecule has 1 saturated heterocycles. The predicted molar refractivity (Wildman–Crippen MR) is 69.4 cm³/mol. The van der Waals surface area contributed by atoms with Gasteiger partial charge in [-0.3, -0.25) is 4.79 Å². The van der Waals surface area contributed by atoms with E-state index in [2.05, 4.69) is 6.08 Å². The molecule has 0 radical (unpaired) electrons. The van der Waals surface area contributed by atoms with E-state index in [1.807, 2.05) is 6.08 Å². The van der Waals surface area contributed by atoms with Gasteiger partial charge < -0.3 is 14.2 Å². The molecule has 1 unspecified atom stereocenters. The predicted octanol–water partition coefficient (Wildman–Crippen LogP) is 2.43. The molecular weight excluding hydrogens is 244 g/mol. The summed E-state index contributed by atoms with van der Waals surface area (Å²) in [5, 5.41) is 0. The normalized spacial score (nSPS) is 41.2. The summed E-state index contributed by atoms with van der Waals surface area (Å²) >= 11 is 0. The SMILES string of the molecule is COC(=O)[C@]12C=CC[C@H]1C[C@@H](OC1CCCCO1)C2. The molecule has 4 heteroatoms. The molecule has 4 atom stereocenters. The molecule has 3 rings (SSSR count). The van der Waals surface area contributed by atoms with Crippen LogP contribution in [0, 0.1) is 11.3 Å². The first-order valence-corrected chi connectivity index (χ1v) is 7.28. The molecule has 19 heavy (non-hydrogen) atoms. The third kappa shape index (κ3) is 2.32. The van der Waals surface area contributed by atoms with Crippen molar-refractivity contribution in [1.29, 1.82) is 0 Å². The minimum atomic E-state index is -0.436. The zero-order chi connectivity index (χ0) is 13.3. The van der Waals surface area contributed by atoms with Crippen molar-refractivity contribution in [1.82, 2.24) is 0 Å². The molecule has 0 aromatic carbocycles. The topological polar surface area (TPSA) is 44.8 Å². The van der Waals surface area contributed by atoms with Crippen LogP contribution in [0.2, 0.25) is 0 Å². The highest BCUT2D eigenvalue weighted by Crippen LogP contribution is 2.52. The lowest BCUT2D eigenvalue weighted by atomic mass is 9.81. The number of hydrogen-bond acceptors (Lipinski definition) is 4. The van der Waals surface area contributed by atoms with E-state index >= 15 is 0 Å². The molecule has 1 heterocycles. The summed E-state index contributed by atoms with van der Waals surface area (Å²) in [7, 11) is 1.47. The van der Waals surface area contributed by atoms with Crippen molar-refractivity contribution in [3.8, 4) is 0 Å². The second-order valence-corrected chi connectivity index (χ2v) is 5.86. The van der Waals surface area contributed by atoms with Crippen molar-refractivity contribution in [2.75, 3.05) is 13.7 Å². The third-order valence-electron chi connectivity index (χ3n) is 4.72. The molecule has 0 aromatic heterocycles. The van der Waals surface area contributed by atoms with E-state index in [0.717, 1.165) is 38.7 Å². The van der Waals surface area contributed by atoms with Gasteiger partial charge in [-0.25, -0.2) is 0 Å². The highest BCUT2D eigenvalue weighted by Gasteiger charge is 2.54. The Morgan fingerprint density at radius 2 is 2.32 bits per heavy atom. The quantitative estimate of drug-likeness (QED) is 0.581. The van der Waals surface area contributed by atoms with Gasteiger partial charge in [0.2, 0.25) is 0 Å². The number of allylic oxidation sites excluding steroid dienone is 1. The molecule has 1 aliphatic heterocycles. The molecule has 0 aromatic rings. The molecule has 2 aliphatic carbocycles. The third-order valence-corrected chi connectivity index (χ3v) is 4.72. The van der Waals surface area contributed by atoms with Crippen LogP contribution in [0.25, 0.3) is 0 Å². The fraction of sp³-hybridized carbons (Fsp3) is 0.800. The highest BCUT2D eigenvalue weighted by molar-refractivity contribution is 5.80. The van der Waals surface area contributed by atoms with Crippen LogP contribution in [0.3, 0.4) is 0 Å². The van der Waals surface area contributed by atoms with E-state index in [1.165, 1.54) is 13.5 Å². The van der Waals surface area contributed by atoms with E-state index in [0.29, 0.717) is 5.92 Å². The minimum Gasteiger partial charge on any atom is -0.468 e. The number of esters is 1. The number of methoxy groups -OCH3 is 1. The fourth-order valence-electron chi connectivity index (χ4n) is 3.75. The number of ether oxygens (including phenoxy) is 3. The first-order chi connectivity index (χ1) is 9.24. The van der Waals surface area contributed by atoms with Gasteiger partial charge in [0.15, 0.2) is 6.29 Å². The van der Waals surface area contributed by atoms with Gasteiger partial charge >= 0.3 is 5.97 Å². The average Bonchev–Trinajstić information content (AvgIpc) is 2.96. The molecule has 0 bridgehead atoms. The Hall–Kier alpha value is -0.870. The first kappa shape index (κ1) is 13.1. The average molecular weight is 266 g/mol. The van der Waals surface area contributed by atoms with Crippen LogP contribution in [0.15, 0.2) is 12.2 Å². The fourth-order valence-corrected chi connectivity index (χ4v) is 3.75. The summed E-state index contributed by atoms with van der Waals surface area (Å²) in [6.07, 6.45) is 10.1. The van der Waals surface area contributed by atoms with Crippen molar-refractivity contribution in [2.24, 2.45) is 11.3 Å². The van der Waals surface area contributed by atoms with Gasteiger partial charge in [0, 0.05) is 6.61 Å². The monoisotopic (exact) mass is 266 g/mol. The van der Waals surface area contributed by atoms with E-state index in [-0.39, 0.29) is 18.4 Å². The summed E-state index contributed by atoms with van der Waals surface area (Å²) in [5.74, 6) is 0.232. The zero-order valence-corrected chi connectivity index (χ0v) is 11.5. The lowest BCUT2D eigenvalue weighted by Crippen LogP contribution is -2.32. The molecule has 106 valence electrons. The van der Waals surface area contributed by atoms with E-state index in [4.69, 9.17) is 14.2 Å². The van der Waals surface area contributed by atoms with Crippen molar-refractivity contribution < 1.29 is 19.0 Å². The van der Waals surface area contributed by atoms with Gasteiger partial charge in [0.05, 0.1) is 18.6 Å². The number of rotatable bonds is 3. The Morgan fingerprint density at radius 3 is 3.05 bits per heavy atom. The van der Waals surface area contributed by atoms with Gasteiger partial charge in [0.25, 0.3) is 0 Å². The first-order valence-electron chi connectivity index (χ1n) is 7.28. The van der Waals surface area contributed by atoms with Gasteiger partial charge in [-0.15, -0.1) is 0 Å². The maximum atomic E-state index is 12.1. The number of carbonyl (C=O) groups excluding carboxylic acids is 1. The van der Waals surface area contributed by atoms with Crippen molar-refractivity contribution in [3.05, 3.63) is 12.2 Å². The van der Waals surface area contributed by atoms with E-state index in [9.17, 15) is 4.79 Å². The molecule has 4 nitrogen and oxygen atoms in total. The Balaban J connectivity index is 1.64. The maximum Gasteiger partial charge on any atom is 0.316 e. The van der Waals surface area contributed by atoms with Crippen molar-refractivity contribution in [3.63, 3.8) is 0 Å². The molecule has 0 spiro atoms. The standard InChI is InChI=1S/C15H22O4/c1-17-14(16)15-7-4-5-11(15)9-12(10-15)19-13-6-2-3-8-18-13/h4,7,11-13H,2-3,5-6,8-10H2,1H3/t11-,12+,13?,15-/m0/s1. The second-order valence-electron chi connectivity index (χ2n) is 5.86. The van der Waals surface area contributed by atoms with E-state index < -0.39 is 5.41 Å². The molecular formula is C15H22O4. The zero-order valence-electron chi connectivity index (χ0n) is 11.5. The number of fused-ring (bicyclic) bond motifs is 1. The Kier molecular flexibility index (Phi) is 3.63. The van der Waals surface area contributed by atoms with Crippen LogP contribution in [0.5, 0.6) is 0 Å². The Bertz CT molecular complexity index is 372. The van der Waals surface area contributed by atoms with Crippen LogP contribution in [-0.4, -0.2) is 32.1 Å². The van der Waals surface area contributed by atoms with Gasteiger partial charge in [-0.05, 0) is 44.4 Å². The van der Waals surface area contributed by atoms with Gasteiger partial charge in [-0.1, -0.05) is 12.2 Å². The smallest absolute Gasteiger partial charge is 0.316 e. The van der Waals surface area contributed by atoms with Crippen LogP contribution in [-0.2, 0) is 19.0 Å².